The van der Waals surface area contributed by atoms with Gasteiger partial charge in [0.15, 0.2) is 0 Å². The molecule has 8 heteroatoms. The number of ether oxygens (including phenoxy) is 1. The number of benzene rings is 1. The lowest BCUT2D eigenvalue weighted by Crippen LogP contribution is -2.57. The maximum Gasteiger partial charge on any atom is 0.262 e. The number of carbonyl (C=O) groups is 3. The first-order chi connectivity index (χ1) is 14.4. The minimum absolute atomic E-state index is 0.0413. The number of hydrogen-bond acceptors (Lipinski definition) is 5. The zero-order chi connectivity index (χ0) is 21.7. The molecule has 160 valence electrons. The zero-order valence-corrected chi connectivity index (χ0v) is 18.3. The Morgan fingerprint density at radius 1 is 1.00 bits per heavy atom. The lowest BCUT2D eigenvalue weighted by atomic mass is 10.0. The van der Waals surface area contributed by atoms with Crippen molar-refractivity contribution in [2.75, 3.05) is 33.3 Å². The molecule has 1 aromatic carbocycles. The van der Waals surface area contributed by atoms with Gasteiger partial charge in [0.2, 0.25) is 5.91 Å². The maximum absolute atomic E-state index is 13.1. The van der Waals surface area contributed by atoms with Crippen molar-refractivity contribution in [2.45, 2.75) is 19.9 Å². The monoisotopic (exact) mass is 429 g/mol. The highest BCUT2D eigenvalue weighted by Gasteiger charge is 2.32. The summed E-state index contributed by atoms with van der Waals surface area (Å²) in [4.78, 5) is 42.3. The third kappa shape index (κ3) is 4.99. The van der Waals surface area contributed by atoms with Gasteiger partial charge >= 0.3 is 0 Å². The van der Waals surface area contributed by atoms with Crippen LogP contribution < -0.4 is 10.1 Å². The van der Waals surface area contributed by atoms with Crippen LogP contribution in [0.4, 0.5) is 0 Å². The Hall–Kier alpha value is -2.87. The largest absolute Gasteiger partial charge is 0.497 e. The van der Waals surface area contributed by atoms with E-state index < -0.39 is 6.04 Å². The summed E-state index contributed by atoms with van der Waals surface area (Å²) in [5.41, 5.74) is 0.596. The number of hydrogen-bond donors (Lipinski definition) is 1. The van der Waals surface area contributed by atoms with Gasteiger partial charge < -0.3 is 19.9 Å². The van der Waals surface area contributed by atoms with Gasteiger partial charge in [-0.15, -0.1) is 11.3 Å². The van der Waals surface area contributed by atoms with Gasteiger partial charge in [0.25, 0.3) is 11.8 Å². The molecule has 1 atom stereocenters. The van der Waals surface area contributed by atoms with Crippen molar-refractivity contribution in [1.29, 1.82) is 0 Å². The fourth-order valence-corrected chi connectivity index (χ4v) is 4.00. The SMILES string of the molecule is COc1ccc(C(=O)N2CCN(C(=O)C(NC(=O)c3cccs3)C(C)C)CC2)cc1. The summed E-state index contributed by atoms with van der Waals surface area (Å²) in [5.74, 6) is 0.264. The molecular formula is C22H27N3O4S. The van der Waals surface area contributed by atoms with Crippen molar-refractivity contribution in [3.63, 3.8) is 0 Å². The minimum Gasteiger partial charge on any atom is -0.497 e. The average molecular weight is 430 g/mol. The van der Waals surface area contributed by atoms with Crippen LogP contribution in [-0.2, 0) is 4.79 Å². The number of thiophene rings is 1. The molecule has 7 nitrogen and oxygen atoms in total. The smallest absolute Gasteiger partial charge is 0.262 e. The van der Waals surface area contributed by atoms with E-state index >= 15 is 0 Å². The van der Waals surface area contributed by atoms with E-state index in [0.717, 1.165) is 0 Å². The highest BCUT2D eigenvalue weighted by atomic mass is 32.1. The standard InChI is InChI=1S/C22H27N3O4S/c1-15(2)19(23-20(26)18-5-4-14-30-18)22(28)25-12-10-24(11-13-25)21(27)16-6-8-17(29-3)9-7-16/h4-9,14-15,19H,10-13H2,1-3H3,(H,23,26). The zero-order valence-electron chi connectivity index (χ0n) is 17.5. The van der Waals surface area contributed by atoms with Crippen LogP contribution in [0, 0.1) is 5.92 Å². The quantitative estimate of drug-likeness (QED) is 0.765. The number of nitrogens with one attached hydrogen (secondary N) is 1. The van der Waals surface area contributed by atoms with Crippen molar-refractivity contribution < 1.29 is 19.1 Å². The lowest BCUT2D eigenvalue weighted by molar-refractivity contribution is -0.135. The van der Waals surface area contributed by atoms with E-state index in [1.54, 1.807) is 47.2 Å². The second-order valence-electron chi connectivity index (χ2n) is 7.52. The van der Waals surface area contributed by atoms with E-state index in [9.17, 15) is 14.4 Å². The van der Waals surface area contributed by atoms with Crippen LogP contribution in [0.3, 0.4) is 0 Å². The first-order valence-electron chi connectivity index (χ1n) is 9.97. The molecule has 2 heterocycles. The minimum atomic E-state index is -0.594. The molecule has 2 aromatic rings. The van der Waals surface area contributed by atoms with Crippen LogP contribution in [0.15, 0.2) is 41.8 Å². The van der Waals surface area contributed by atoms with Crippen LogP contribution in [0.5, 0.6) is 5.75 Å². The molecule has 30 heavy (non-hydrogen) atoms. The van der Waals surface area contributed by atoms with E-state index in [1.165, 1.54) is 11.3 Å². The number of piperazine rings is 1. The number of carbonyl (C=O) groups excluding carboxylic acids is 3. The molecule has 1 fully saturated rings. The molecule has 1 saturated heterocycles. The van der Waals surface area contributed by atoms with E-state index in [2.05, 4.69) is 5.32 Å². The topological polar surface area (TPSA) is 79.0 Å². The van der Waals surface area contributed by atoms with Crippen LogP contribution in [-0.4, -0.2) is 66.9 Å². The van der Waals surface area contributed by atoms with Crippen molar-refractivity contribution in [3.05, 3.63) is 52.2 Å². The first kappa shape index (κ1) is 21.8. The van der Waals surface area contributed by atoms with E-state index in [1.807, 2.05) is 25.3 Å². The molecule has 3 amide bonds. The average Bonchev–Trinajstić information content (AvgIpc) is 3.31. The van der Waals surface area contributed by atoms with Crippen molar-refractivity contribution in [2.24, 2.45) is 5.92 Å². The third-order valence-corrected chi connectivity index (χ3v) is 6.05. The second-order valence-corrected chi connectivity index (χ2v) is 8.47. The Labute approximate surface area is 180 Å². The molecule has 1 N–H and O–H groups in total. The van der Waals surface area contributed by atoms with Crippen LogP contribution in [0.2, 0.25) is 0 Å². The fourth-order valence-electron chi connectivity index (χ4n) is 3.38. The van der Waals surface area contributed by atoms with E-state index in [4.69, 9.17) is 4.74 Å². The summed E-state index contributed by atoms with van der Waals surface area (Å²) in [6.45, 7) is 5.64. The normalized spacial score (nSPS) is 15.1. The summed E-state index contributed by atoms with van der Waals surface area (Å²) >= 11 is 1.35. The molecule has 3 rings (SSSR count). The molecule has 1 unspecified atom stereocenters. The van der Waals surface area contributed by atoms with Crippen molar-refractivity contribution >= 4 is 29.1 Å². The first-order valence-corrected chi connectivity index (χ1v) is 10.8. The van der Waals surface area contributed by atoms with Crippen LogP contribution >= 0.6 is 11.3 Å². The molecule has 0 radical (unpaired) electrons. The number of nitrogens with zero attached hydrogens (tertiary/aromatic N) is 2. The van der Waals surface area contributed by atoms with Gasteiger partial charge in [-0.2, -0.15) is 0 Å². The highest BCUT2D eigenvalue weighted by Crippen LogP contribution is 2.16. The highest BCUT2D eigenvalue weighted by molar-refractivity contribution is 7.12. The molecule has 0 saturated carbocycles. The molecular weight excluding hydrogens is 402 g/mol. The van der Waals surface area contributed by atoms with Crippen LogP contribution in [0.25, 0.3) is 0 Å². The summed E-state index contributed by atoms with van der Waals surface area (Å²) in [7, 11) is 1.58. The second kappa shape index (κ2) is 9.75. The van der Waals surface area contributed by atoms with Gasteiger partial charge in [-0.25, -0.2) is 0 Å². The van der Waals surface area contributed by atoms with Gasteiger partial charge in [-0.3, -0.25) is 14.4 Å². The summed E-state index contributed by atoms with van der Waals surface area (Å²) in [6.07, 6.45) is 0. The summed E-state index contributed by atoms with van der Waals surface area (Å²) in [6, 6.07) is 9.97. The molecule has 1 aliphatic heterocycles. The van der Waals surface area contributed by atoms with Gasteiger partial charge in [0.05, 0.1) is 12.0 Å². The maximum atomic E-state index is 13.1. The summed E-state index contributed by atoms with van der Waals surface area (Å²) in [5, 5.41) is 4.71. The summed E-state index contributed by atoms with van der Waals surface area (Å²) < 4.78 is 5.13. The number of rotatable bonds is 6. The van der Waals surface area contributed by atoms with E-state index in [0.29, 0.717) is 42.4 Å². The van der Waals surface area contributed by atoms with Crippen molar-refractivity contribution in [3.8, 4) is 5.75 Å². The molecule has 0 bridgehead atoms. The van der Waals surface area contributed by atoms with Gasteiger partial charge in [0.1, 0.15) is 11.8 Å². The Kier molecular flexibility index (Phi) is 7.10. The van der Waals surface area contributed by atoms with Crippen LogP contribution in [0.1, 0.15) is 33.9 Å². The Balaban J connectivity index is 1.58. The third-order valence-electron chi connectivity index (χ3n) is 5.18. The fraction of sp³-hybridized carbons (Fsp3) is 0.409. The molecule has 0 spiro atoms. The Morgan fingerprint density at radius 2 is 1.63 bits per heavy atom. The predicted molar refractivity (Wildman–Crippen MR) is 116 cm³/mol. The Morgan fingerprint density at radius 3 is 2.17 bits per heavy atom. The van der Waals surface area contributed by atoms with Gasteiger partial charge in [0, 0.05) is 31.7 Å². The molecule has 1 aliphatic rings. The Bertz CT molecular complexity index is 872. The lowest BCUT2D eigenvalue weighted by Gasteiger charge is -2.37. The van der Waals surface area contributed by atoms with Gasteiger partial charge in [-0.1, -0.05) is 19.9 Å². The molecule has 0 aliphatic carbocycles. The van der Waals surface area contributed by atoms with E-state index in [-0.39, 0.29) is 23.6 Å². The number of methoxy groups -OCH3 is 1. The predicted octanol–water partition coefficient (Wildman–Crippen LogP) is 2.50. The number of amides is 3. The van der Waals surface area contributed by atoms with Gasteiger partial charge in [-0.05, 0) is 41.6 Å². The van der Waals surface area contributed by atoms with Crippen molar-refractivity contribution in [1.82, 2.24) is 15.1 Å². The molecule has 1 aromatic heterocycles.